The van der Waals surface area contributed by atoms with Crippen molar-refractivity contribution >= 4 is 5.82 Å². The fourth-order valence-electron chi connectivity index (χ4n) is 2.82. The molecule has 3 rings (SSSR count). The summed E-state index contributed by atoms with van der Waals surface area (Å²) in [6.07, 6.45) is 0.984. The number of benzene rings is 1. The van der Waals surface area contributed by atoms with Crippen LogP contribution in [0.4, 0.5) is 5.82 Å². The number of aryl methyl sites for hydroxylation is 2. The lowest BCUT2D eigenvalue weighted by Gasteiger charge is -2.40. The van der Waals surface area contributed by atoms with Crippen LogP contribution in [0.15, 0.2) is 24.3 Å². The first-order valence-electron chi connectivity index (χ1n) is 7.12. The van der Waals surface area contributed by atoms with Crippen molar-refractivity contribution in [3.05, 3.63) is 35.4 Å². The summed E-state index contributed by atoms with van der Waals surface area (Å²) in [5.41, 5.74) is 3.38. The van der Waals surface area contributed by atoms with E-state index in [0.717, 1.165) is 35.5 Å². The minimum atomic E-state index is 0.140. The highest BCUT2D eigenvalue weighted by Crippen LogP contribution is 2.33. The standard InChI is InChI=1S/C16H19N3O2/c1-10-7-11(2)16(14(21)8-10)13-3-4-15(18-17-13)19-6-5-12(19)9-20/h3-4,7-8,12,20-21H,5-6,9H2,1-2H3/t12-/m0/s1. The number of nitrogens with zero attached hydrogens (tertiary/aromatic N) is 3. The second kappa shape index (κ2) is 5.33. The van der Waals surface area contributed by atoms with Gasteiger partial charge in [-0.15, -0.1) is 10.2 Å². The van der Waals surface area contributed by atoms with Crippen LogP contribution in [-0.2, 0) is 0 Å². The summed E-state index contributed by atoms with van der Waals surface area (Å²) < 4.78 is 0. The molecule has 0 amide bonds. The molecule has 1 aliphatic heterocycles. The van der Waals surface area contributed by atoms with Crippen LogP contribution in [0.25, 0.3) is 11.3 Å². The predicted molar refractivity (Wildman–Crippen MR) is 81.4 cm³/mol. The van der Waals surface area contributed by atoms with E-state index in [4.69, 9.17) is 0 Å². The van der Waals surface area contributed by atoms with Gasteiger partial charge in [0.2, 0.25) is 0 Å². The van der Waals surface area contributed by atoms with Crippen molar-refractivity contribution in [3.8, 4) is 17.0 Å². The number of anilines is 1. The number of phenolic OH excluding ortho intramolecular Hbond substituents is 1. The van der Waals surface area contributed by atoms with Gasteiger partial charge >= 0.3 is 0 Å². The van der Waals surface area contributed by atoms with E-state index in [1.165, 1.54) is 0 Å². The Morgan fingerprint density at radius 2 is 2.05 bits per heavy atom. The first kappa shape index (κ1) is 13.8. The quantitative estimate of drug-likeness (QED) is 0.903. The molecule has 0 spiro atoms. The second-order valence-corrected chi connectivity index (χ2v) is 5.57. The highest BCUT2D eigenvalue weighted by atomic mass is 16.3. The van der Waals surface area contributed by atoms with Crippen LogP contribution in [-0.4, -0.2) is 39.6 Å². The maximum Gasteiger partial charge on any atom is 0.151 e. The molecule has 2 heterocycles. The molecule has 110 valence electrons. The number of aromatic hydroxyl groups is 1. The molecule has 5 nitrogen and oxygen atoms in total. The van der Waals surface area contributed by atoms with Crippen molar-refractivity contribution in [2.24, 2.45) is 0 Å². The van der Waals surface area contributed by atoms with Crippen LogP contribution in [0.3, 0.4) is 0 Å². The molecule has 1 saturated heterocycles. The maximum atomic E-state index is 10.1. The molecular formula is C16H19N3O2. The molecule has 0 unspecified atom stereocenters. The third-order valence-electron chi connectivity index (χ3n) is 4.01. The smallest absolute Gasteiger partial charge is 0.151 e. The average Bonchev–Trinajstić information content (AvgIpc) is 2.39. The number of hydrogen-bond donors (Lipinski definition) is 2. The van der Waals surface area contributed by atoms with Gasteiger partial charge in [-0.1, -0.05) is 6.07 Å². The van der Waals surface area contributed by atoms with Crippen molar-refractivity contribution in [2.45, 2.75) is 26.3 Å². The van der Waals surface area contributed by atoms with Gasteiger partial charge in [0.1, 0.15) is 5.75 Å². The molecule has 1 aliphatic rings. The summed E-state index contributed by atoms with van der Waals surface area (Å²) in [4.78, 5) is 2.04. The first-order valence-corrected chi connectivity index (χ1v) is 7.12. The first-order chi connectivity index (χ1) is 10.1. The van der Waals surface area contributed by atoms with Crippen LogP contribution in [0.2, 0.25) is 0 Å². The number of rotatable bonds is 3. The molecule has 0 radical (unpaired) electrons. The lowest BCUT2D eigenvalue weighted by molar-refractivity contribution is 0.225. The summed E-state index contributed by atoms with van der Waals surface area (Å²) >= 11 is 0. The summed E-state index contributed by atoms with van der Waals surface area (Å²) in [6, 6.07) is 7.66. The van der Waals surface area contributed by atoms with Gasteiger partial charge in [-0.3, -0.25) is 0 Å². The highest BCUT2D eigenvalue weighted by Gasteiger charge is 2.28. The Kier molecular flexibility index (Phi) is 3.51. The van der Waals surface area contributed by atoms with E-state index in [1.807, 2.05) is 36.9 Å². The van der Waals surface area contributed by atoms with Gasteiger partial charge in [0.25, 0.3) is 0 Å². The fourth-order valence-corrected chi connectivity index (χ4v) is 2.82. The lowest BCUT2D eigenvalue weighted by atomic mass is 10.0. The Bertz CT molecular complexity index is 630. The Morgan fingerprint density at radius 1 is 1.24 bits per heavy atom. The molecule has 1 atom stereocenters. The average molecular weight is 285 g/mol. The van der Waals surface area contributed by atoms with Crippen LogP contribution in [0.5, 0.6) is 5.75 Å². The van der Waals surface area contributed by atoms with Crippen LogP contribution >= 0.6 is 0 Å². The molecule has 0 aliphatic carbocycles. The van der Waals surface area contributed by atoms with Crippen molar-refractivity contribution in [1.29, 1.82) is 0 Å². The Morgan fingerprint density at radius 3 is 2.57 bits per heavy atom. The van der Waals surface area contributed by atoms with E-state index >= 15 is 0 Å². The summed E-state index contributed by atoms with van der Waals surface area (Å²) in [5.74, 6) is 1.00. The second-order valence-electron chi connectivity index (χ2n) is 5.57. The van der Waals surface area contributed by atoms with E-state index < -0.39 is 0 Å². The lowest BCUT2D eigenvalue weighted by Crippen LogP contribution is -2.50. The molecule has 0 saturated carbocycles. The SMILES string of the molecule is Cc1cc(C)c(-c2ccc(N3CC[C@H]3CO)nn2)c(O)c1. The molecule has 0 bridgehead atoms. The van der Waals surface area contributed by atoms with Gasteiger partial charge in [0.15, 0.2) is 5.82 Å². The molecule has 1 aromatic carbocycles. The van der Waals surface area contributed by atoms with Gasteiger partial charge in [0.05, 0.1) is 18.3 Å². The largest absolute Gasteiger partial charge is 0.507 e. The van der Waals surface area contributed by atoms with E-state index in [-0.39, 0.29) is 18.4 Å². The zero-order valence-electron chi connectivity index (χ0n) is 12.2. The topological polar surface area (TPSA) is 69.5 Å². The number of aliphatic hydroxyl groups is 1. The minimum Gasteiger partial charge on any atom is -0.507 e. The molecule has 1 aromatic heterocycles. The minimum absolute atomic E-state index is 0.140. The van der Waals surface area contributed by atoms with Gasteiger partial charge in [0, 0.05) is 12.1 Å². The number of hydrogen-bond acceptors (Lipinski definition) is 5. The van der Waals surface area contributed by atoms with Crippen LogP contribution in [0.1, 0.15) is 17.5 Å². The third-order valence-corrected chi connectivity index (χ3v) is 4.01. The highest BCUT2D eigenvalue weighted by molar-refractivity contribution is 5.71. The molecule has 5 heteroatoms. The molecule has 2 N–H and O–H groups in total. The van der Waals surface area contributed by atoms with E-state index in [2.05, 4.69) is 10.2 Å². The zero-order valence-corrected chi connectivity index (χ0v) is 12.2. The van der Waals surface area contributed by atoms with E-state index in [1.54, 1.807) is 6.07 Å². The number of aromatic nitrogens is 2. The zero-order chi connectivity index (χ0) is 15.0. The third kappa shape index (κ3) is 2.45. The van der Waals surface area contributed by atoms with Crippen molar-refractivity contribution in [3.63, 3.8) is 0 Å². The monoisotopic (exact) mass is 285 g/mol. The summed E-state index contributed by atoms with van der Waals surface area (Å²) in [7, 11) is 0. The Hall–Kier alpha value is -2.14. The molecule has 1 fully saturated rings. The van der Waals surface area contributed by atoms with Crippen molar-refractivity contribution in [1.82, 2.24) is 10.2 Å². The van der Waals surface area contributed by atoms with Crippen LogP contribution in [0, 0.1) is 13.8 Å². The molecule has 21 heavy (non-hydrogen) atoms. The van der Waals surface area contributed by atoms with Crippen molar-refractivity contribution in [2.75, 3.05) is 18.1 Å². The van der Waals surface area contributed by atoms with Gasteiger partial charge < -0.3 is 15.1 Å². The van der Waals surface area contributed by atoms with Gasteiger partial charge in [-0.2, -0.15) is 0 Å². The number of phenols is 1. The maximum absolute atomic E-state index is 10.1. The van der Waals surface area contributed by atoms with E-state index in [9.17, 15) is 10.2 Å². The predicted octanol–water partition coefficient (Wildman–Crippen LogP) is 2.04. The summed E-state index contributed by atoms with van der Waals surface area (Å²) in [6.45, 7) is 4.94. The summed E-state index contributed by atoms with van der Waals surface area (Å²) in [5, 5.41) is 27.8. The van der Waals surface area contributed by atoms with Crippen molar-refractivity contribution < 1.29 is 10.2 Å². The van der Waals surface area contributed by atoms with E-state index in [0.29, 0.717) is 5.69 Å². The Labute approximate surface area is 123 Å². The van der Waals surface area contributed by atoms with Gasteiger partial charge in [-0.05, 0) is 49.6 Å². The normalized spacial score (nSPS) is 17.7. The fraction of sp³-hybridized carbons (Fsp3) is 0.375. The number of aliphatic hydroxyl groups excluding tert-OH is 1. The molecule has 2 aromatic rings. The van der Waals surface area contributed by atoms with Gasteiger partial charge in [-0.25, -0.2) is 0 Å². The van der Waals surface area contributed by atoms with Crippen LogP contribution < -0.4 is 4.90 Å². The Balaban J connectivity index is 1.91. The molecular weight excluding hydrogens is 266 g/mol.